The molecule has 200 valence electrons. The summed E-state index contributed by atoms with van der Waals surface area (Å²) in [4.78, 5) is -2.79. The molecule has 4 aromatic carbocycles. The average Bonchev–Trinajstić information content (AvgIpc) is 2.78. The number of benzene rings is 4. The predicted octanol–water partition coefficient (Wildman–Crippen LogP) is 3.40. The van der Waals surface area contributed by atoms with Crippen molar-refractivity contribution in [3.8, 4) is 0 Å². The van der Waals surface area contributed by atoms with Crippen LogP contribution in [0.25, 0.3) is 21.5 Å². The van der Waals surface area contributed by atoms with Gasteiger partial charge in [0.1, 0.15) is 9.79 Å². The molecule has 38 heavy (non-hydrogen) atoms. The van der Waals surface area contributed by atoms with Crippen LogP contribution in [0.15, 0.2) is 90.5 Å². The van der Waals surface area contributed by atoms with Crippen molar-refractivity contribution in [1.29, 1.82) is 0 Å². The molecule has 18 heteroatoms. The van der Waals surface area contributed by atoms with E-state index in [1.54, 1.807) is 0 Å². The lowest BCUT2D eigenvalue weighted by Gasteiger charge is -2.10. The Balaban J connectivity index is 2.05. The van der Waals surface area contributed by atoms with Gasteiger partial charge in [-0.1, -0.05) is 18.2 Å². The fourth-order valence-corrected chi connectivity index (χ4v) is 6.12. The quantitative estimate of drug-likeness (QED) is 0.183. The van der Waals surface area contributed by atoms with E-state index in [1.165, 1.54) is 0 Å². The molecule has 0 aromatic heterocycles. The van der Waals surface area contributed by atoms with Crippen molar-refractivity contribution in [3.63, 3.8) is 0 Å². The number of fused-ring (bicyclic) bond motifs is 2. The summed E-state index contributed by atoms with van der Waals surface area (Å²) in [6.45, 7) is 0. The maximum atomic E-state index is 12.0. The summed E-state index contributed by atoms with van der Waals surface area (Å²) in [6.07, 6.45) is 0. The first kappa shape index (κ1) is 27.7. The van der Waals surface area contributed by atoms with Crippen molar-refractivity contribution in [2.45, 2.75) is 19.6 Å². The van der Waals surface area contributed by atoms with Crippen LogP contribution < -0.4 is 0 Å². The molecule has 4 aromatic rings. The Hall–Kier alpha value is -3.36. The standard InChI is InChI=1S/C20H14N2O12S4/c23-35(24,25)12-4-5-14-11(8-12)9-13(36(26,27)28)10-17(14)22-21-16-6-7-18(37(29,30)31)15-2-1-3-19(20(15)16)38(32,33)34/h1-10H,(H,23,24,25)(H,26,27,28)(H,29,30,31)(H,32,33,34). The van der Waals surface area contributed by atoms with E-state index in [-0.39, 0.29) is 27.5 Å². The Bertz CT molecular complexity index is 2120. The molecule has 0 aliphatic carbocycles. The molecule has 0 bridgehead atoms. The summed E-state index contributed by atoms with van der Waals surface area (Å²) in [5, 5.41) is 6.96. The van der Waals surface area contributed by atoms with Crippen LogP contribution in [0, 0.1) is 0 Å². The Morgan fingerprint density at radius 2 is 1.08 bits per heavy atom. The van der Waals surface area contributed by atoms with E-state index < -0.39 is 65.4 Å². The zero-order chi connectivity index (χ0) is 28.3. The van der Waals surface area contributed by atoms with Gasteiger partial charge < -0.3 is 0 Å². The second kappa shape index (κ2) is 9.13. The van der Waals surface area contributed by atoms with Gasteiger partial charge >= 0.3 is 0 Å². The molecule has 4 rings (SSSR count). The van der Waals surface area contributed by atoms with Crippen LogP contribution in [-0.2, 0) is 40.5 Å². The van der Waals surface area contributed by atoms with Gasteiger partial charge in [-0.25, -0.2) is 0 Å². The lowest BCUT2D eigenvalue weighted by Crippen LogP contribution is -2.03. The Kier molecular flexibility index (Phi) is 6.65. The molecule has 0 fully saturated rings. The molecule has 0 aliphatic heterocycles. The molecule has 4 N–H and O–H groups in total. The van der Waals surface area contributed by atoms with E-state index >= 15 is 0 Å². The molecular formula is C20H14N2O12S4. The normalized spacial score (nSPS) is 13.5. The van der Waals surface area contributed by atoms with Gasteiger partial charge in [-0.2, -0.15) is 33.7 Å². The molecule has 0 saturated heterocycles. The van der Waals surface area contributed by atoms with E-state index in [2.05, 4.69) is 10.2 Å². The molecule has 0 aliphatic rings. The Morgan fingerprint density at radius 3 is 1.66 bits per heavy atom. The van der Waals surface area contributed by atoms with E-state index in [9.17, 15) is 51.9 Å². The molecule has 0 saturated carbocycles. The molecule has 0 unspecified atom stereocenters. The minimum Gasteiger partial charge on any atom is -0.282 e. The third kappa shape index (κ3) is 5.42. The zero-order valence-corrected chi connectivity index (χ0v) is 21.6. The van der Waals surface area contributed by atoms with E-state index in [0.29, 0.717) is 0 Å². The van der Waals surface area contributed by atoms with Crippen molar-refractivity contribution >= 4 is 73.4 Å². The van der Waals surface area contributed by atoms with Gasteiger partial charge in [-0.3, -0.25) is 18.2 Å². The number of rotatable bonds is 6. The van der Waals surface area contributed by atoms with Crippen LogP contribution >= 0.6 is 0 Å². The Morgan fingerprint density at radius 1 is 0.500 bits per heavy atom. The lowest BCUT2D eigenvalue weighted by atomic mass is 10.1. The first-order valence-corrected chi connectivity index (χ1v) is 15.6. The van der Waals surface area contributed by atoms with Gasteiger partial charge in [0.15, 0.2) is 0 Å². The summed E-state index contributed by atoms with van der Waals surface area (Å²) < 4.78 is 132. The van der Waals surface area contributed by atoms with E-state index in [1.807, 2.05) is 0 Å². The van der Waals surface area contributed by atoms with Gasteiger partial charge in [0.25, 0.3) is 40.5 Å². The number of hydrogen-bond acceptors (Lipinski definition) is 10. The molecule has 0 heterocycles. The zero-order valence-electron chi connectivity index (χ0n) is 18.4. The van der Waals surface area contributed by atoms with Crippen LogP contribution in [0.2, 0.25) is 0 Å². The first-order chi connectivity index (χ1) is 17.4. The lowest BCUT2D eigenvalue weighted by molar-refractivity contribution is 0.481. The minimum absolute atomic E-state index is 0.0856. The number of nitrogens with zero attached hydrogens (tertiary/aromatic N) is 2. The van der Waals surface area contributed by atoms with Crippen LogP contribution in [-0.4, -0.2) is 51.9 Å². The second-order valence-corrected chi connectivity index (χ2v) is 13.3. The summed E-state index contributed by atoms with van der Waals surface area (Å²) >= 11 is 0. The van der Waals surface area contributed by atoms with Crippen molar-refractivity contribution in [2.24, 2.45) is 10.2 Å². The molecule has 0 spiro atoms. The summed E-state index contributed by atoms with van der Waals surface area (Å²) in [7, 11) is -19.3. The van der Waals surface area contributed by atoms with Gasteiger partial charge in [-0.15, -0.1) is 10.2 Å². The highest BCUT2D eigenvalue weighted by atomic mass is 32.2. The average molecular weight is 603 g/mol. The van der Waals surface area contributed by atoms with Gasteiger partial charge in [-0.05, 0) is 47.9 Å². The second-order valence-electron chi connectivity index (χ2n) is 7.69. The highest BCUT2D eigenvalue weighted by Crippen LogP contribution is 2.38. The smallest absolute Gasteiger partial charge is 0.282 e. The van der Waals surface area contributed by atoms with Gasteiger partial charge in [0.05, 0.1) is 21.2 Å². The Labute approximate surface area is 215 Å². The predicted molar refractivity (Wildman–Crippen MR) is 131 cm³/mol. The molecule has 0 atom stereocenters. The highest BCUT2D eigenvalue weighted by molar-refractivity contribution is 7.86. The molecular weight excluding hydrogens is 588 g/mol. The number of hydrogen-bond donors (Lipinski definition) is 4. The maximum absolute atomic E-state index is 12.0. The van der Waals surface area contributed by atoms with E-state index in [4.69, 9.17) is 0 Å². The van der Waals surface area contributed by atoms with Crippen LogP contribution in [0.4, 0.5) is 11.4 Å². The van der Waals surface area contributed by atoms with Crippen molar-refractivity contribution in [2.75, 3.05) is 0 Å². The monoisotopic (exact) mass is 602 g/mol. The molecule has 0 radical (unpaired) electrons. The van der Waals surface area contributed by atoms with Crippen molar-refractivity contribution in [3.05, 3.63) is 60.7 Å². The number of azo groups is 1. The summed E-state index contributed by atoms with van der Waals surface area (Å²) in [6, 6.07) is 9.87. The SMILES string of the molecule is O=S(=O)(O)c1ccc2c(N=Nc3ccc(S(=O)(=O)O)c4cccc(S(=O)(=O)O)c34)cc(S(=O)(=O)O)cc2c1. The van der Waals surface area contributed by atoms with Crippen LogP contribution in [0.1, 0.15) is 0 Å². The van der Waals surface area contributed by atoms with Gasteiger partial charge in [0, 0.05) is 16.2 Å². The van der Waals surface area contributed by atoms with Crippen LogP contribution in [0.3, 0.4) is 0 Å². The fourth-order valence-electron chi connectivity index (χ4n) is 3.65. The third-order valence-electron chi connectivity index (χ3n) is 5.23. The summed E-state index contributed by atoms with van der Waals surface area (Å²) in [5.41, 5.74) is -0.603. The van der Waals surface area contributed by atoms with Crippen LogP contribution in [0.5, 0.6) is 0 Å². The molecule has 0 amide bonds. The first-order valence-electron chi connectivity index (χ1n) is 9.82. The third-order valence-corrected chi connectivity index (χ3v) is 8.72. The molecule has 14 nitrogen and oxygen atoms in total. The fraction of sp³-hybridized carbons (Fsp3) is 0. The highest BCUT2D eigenvalue weighted by Gasteiger charge is 2.23. The van der Waals surface area contributed by atoms with Crippen molar-refractivity contribution < 1.29 is 51.9 Å². The topological polar surface area (TPSA) is 242 Å². The minimum atomic E-state index is -4.95. The summed E-state index contributed by atoms with van der Waals surface area (Å²) in [5.74, 6) is 0. The largest absolute Gasteiger partial charge is 0.295 e. The van der Waals surface area contributed by atoms with E-state index in [0.717, 1.165) is 60.7 Å². The maximum Gasteiger partial charge on any atom is 0.295 e. The van der Waals surface area contributed by atoms with Crippen molar-refractivity contribution in [1.82, 2.24) is 0 Å². The van der Waals surface area contributed by atoms with Gasteiger partial charge in [0.2, 0.25) is 0 Å².